The number of aryl methyl sites for hydroxylation is 1. The molecule has 0 spiro atoms. The smallest absolute Gasteiger partial charge is 0.283 e. The second-order valence-electron chi connectivity index (χ2n) is 5.22. The van der Waals surface area contributed by atoms with Crippen LogP contribution in [0.5, 0.6) is 11.5 Å². The molecule has 0 aliphatic carbocycles. The van der Waals surface area contributed by atoms with Crippen LogP contribution in [0.3, 0.4) is 0 Å². The van der Waals surface area contributed by atoms with Crippen molar-refractivity contribution in [1.29, 1.82) is 0 Å². The van der Waals surface area contributed by atoms with Crippen LogP contribution in [0.1, 0.15) is 17.3 Å². The Morgan fingerprint density at radius 3 is 2.68 bits per heavy atom. The molecule has 0 N–H and O–H groups in total. The molecule has 2 aromatic carbocycles. The fourth-order valence-corrected chi connectivity index (χ4v) is 3.68. The van der Waals surface area contributed by atoms with Crippen LogP contribution >= 0.6 is 11.3 Å². The summed E-state index contributed by atoms with van der Waals surface area (Å²) in [6.07, 6.45) is 0. The molecular formula is C18H17FN2O3S. The maximum Gasteiger partial charge on any atom is 0.283 e. The van der Waals surface area contributed by atoms with Crippen LogP contribution in [0.15, 0.2) is 41.4 Å². The van der Waals surface area contributed by atoms with Crippen LogP contribution in [0, 0.1) is 5.82 Å². The Balaban J connectivity index is 2.12. The standard InChI is InChI=1S/C18H17FN2O3S/c1-4-21-14-8-5-11(19)9-16(14)25-18(21)20-17(22)13-7-6-12(23-2)10-15(13)24-3/h5-10H,4H2,1-3H3. The number of methoxy groups -OCH3 is 2. The largest absolute Gasteiger partial charge is 0.497 e. The molecule has 1 amide bonds. The number of hydrogen-bond acceptors (Lipinski definition) is 4. The molecule has 0 atom stereocenters. The van der Waals surface area contributed by atoms with E-state index in [1.54, 1.807) is 31.4 Å². The Morgan fingerprint density at radius 2 is 2.00 bits per heavy atom. The molecule has 3 rings (SSSR count). The van der Waals surface area contributed by atoms with Gasteiger partial charge in [-0.1, -0.05) is 11.3 Å². The molecule has 25 heavy (non-hydrogen) atoms. The Hall–Kier alpha value is -2.67. The number of carbonyl (C=O) groups is 1. The predicted octanol–water partition coefficient (Wildman–Crippen LogP) is 3.62. The summed E-state index contributed by atoms with van der Waals surface area (Å²) in [5, 5.41) is 0. The van der Waals surface area contributed by atoms with Crippen LogP contribution < -0.4 is 14.3 Å². The number of hydrogen-bond donors (Lipinski definition) is 0. The second-order valence-corrected chi connectivity index (χ2v) is 6.23. The Morgan fingerprint density at radius 1 is 1.20 bits per heavy atom. The van der Waals surface area contributed by atoms with E-state index in [4.69, 9.17) is 9.47 Å². The molecule has 130 valence electrons. The van der Waals surface area contributed by atoms with E-state index in [-0.39, 0.29) is 5.82 Å². The monoisotopic (exact) mass is 360 g/mol. The molecule has 0 saturated heterocycles. The Bertz CT molecular complexity index is 1010. The summed E-state index contributed by atoms with van der Waals surface area (Å²) in [7, 11) is 3.03. The summed E-state index contributed by atoms with van der Waals surface area (Å²) < 4.78 is 26.5. The maximum absolute atomic E-state index is 13.5. The highest BCUT2D eigenvalue weighted by molar-refractivity contribution is 7.16. The summed E-state index contributed by atoms with van der Waals surface area (Å²) in [4.78, 5) is 17.4. The third-order valence-corrected chi connectivity index (χ3v) is 4.84. The minimum absolute atomic E-state index is 0.313. The summed E-state index contributed by atoms with van der Waals surface area (Å²) in [6.45, 7) is 2.57. The number of rotatable bonds is 4. The number of thiazole rings is 1. The quantitative estimate of drug-likeness (QED) is 0.714. The average Bonchev–Trinajstić information content (AvgIpc) is 2.96. The molecule has 0 fully saturated rings. The number of halogens is 1. The molecule has 0 aliphatic rings. The first kappa shape index (κ1) is 17.2. The molecular weight excluding hydrogens is 343 g/mol. The van der Waals surface area contributed by atoms with Gasteiger partial charge in [-0.2, -0.15) is 4.99 Å². The van der Waals surface area contributed by atoms with Gasteiger partial charge in [0.15, 0.2) is 4.80 Å². The minimum Gasteiger partial charge on any atom is -0.497 e. The van der Waals surface area contributed by atoms with Crippen molar-refractivity contribution in [3.63, 3.8) is 0 Å². The summed E-state index contributed by atoms with van der Waals surface area (Å²) >= 11 is 1.28. The van der Waals surface area contributed by atoms with Gasteiger partial charge in [-0.3, -0.25) is 4.79 Å². The van der Waals surface area contributed by atoms with Crippen LogP contribution in [0.25, 0.3) is 10.2 Å². The topological polar surface area (TPSA) is 52.8 Å². The number of nitrogens with zero attached hydrogens (tertiary/aromatic N) is 2. The first-order valence-electron chi connectivity index (χ1n) is 7.67. The van der Waals surface area contributed by atoms with Crippen molar-refractivity contribution in [1.82, 2.24) is 4.57 Å². The maximum atomic E-state index is 13.5. The number of carbonyl (C=O) groups excluding carboxylic acids is 1. The van der Waals surface area contributed by atoms with Crippen molar-refractivity contribution in [2.24, 2.45) is 4.99 Å². The molecule has 0 radical (unpaired) electrons. The van der Waals surface area contributed by atoms with Gasteiger partial charge in [0.25, 0.3) is 5.91 Å². The zero-order valence-electron chi connectivity index (χ0n) is 14.1. The van der Waals surface area contributed by atoms with E-state index in [0.29, 0.717) is 28.4 Å². The first-order chi connectivity index (χ1) is 12.1. The van der Waals surface area contributed by atoms with Crippen LogP contribution in [0.4, 0.5) is 4.39 Å². The lowest BCUT2D eigenvalue weighted by molar-refractivity contribution is 0.0995. The zero-order chi connectivity index (χ0) is 18.0. The van der Waals surface area contributed by atoms with E-state index in [9.17, 15) is 9.18 Å². The van der Waals surface area contributed by atoms with Gasteiger partial charge in [0.2, 0.25) is 0 Å². The number of aromatic nitrogens is 1. The summed E-state index contributed by atoms with van der Waals surface area (Å²) in [5.41, 5.74) is 1.19. The molecule has 7 heteroatoms. The van der Waals surface area contributed by atoms with Crippen molar-refractivity contribution in [3.8, 4) is 11.5 Å². The average molecular weight is 360 g/mol. The van der Waals surface area contributed by atoms with Gasteiger partial charge in [0, 0.05) is 12.6 Å². The fraction of sp³-hybridized carbons (Fsp3) is 0.222. The van der Waals surface area contributed by atoms with Crippen molar-refractivity contribution >= 4 is 27.5 Å². The third kappa shape index (κ3) is 3.28. The number of benzene rings is 2. The van der Waals surface area contributed by atoms with Crippen LogP contribution in [-0.2, 0) is 6.54 Å². The molecule has 3 aromatic rings. The van der Waals surface area contributed by atoms with Gasteiger partial charge in [0.05, 0.1) is 30.0 Å². The highest BCUT2D eigenvalue weighted by atomic mass is 32.1. The molecule has 1 heterocycles. The number of fused-ring (bicyclic) bond motifs is 1. The highest BCUT2D eigenvalue weighted by Gasteiger charge is 2.14. The normalized spacial score (nSPS) is 11.8. The Labute approximate surface area is 148 Å². The SMILES string of the molecule is CCn1c(=NC(=O)c2ccc(OC)cc2OC)sc2cc(F)ccc21. The van der Waals surface area contributed by atoms with Crippen molar-refractivity contribution < 1.29 is 18.7 Å². The van der Waals surface area contributed by atoms with Crippen molar-refractivity contribution in [2.75, 3.05) is 14.2 Å². The van der Waals surface area contributed by atoms with Crippen molar-refractivity contribution in [3.05, 3.63) is 52.6 Å². The molecule has 0 aliphatic heterocycles. The van der Waals surface area contributed by atoms with E-state index >= 15 is 0 Å². The fourth-order valence-electron chi connectivity index (χ4n) is 2.56. The van der Waals surface area contributed by atoms with Gasteiger partial charge in [0.1, 0.15) is 17.3 Å². The lowest BCUT2D eigenvalue weighted by Gasteiger charge is -2.07. The molecule has 0 saturated carbocycles. The van der Waals surface area contributed by atoms with E-state index in [0.717, 1.165) is 10.2 Å². The lowest BCUT2D eigenvalue weighted by Crippen LogP contribution is -2.16. The van der Waals surface area contributed by atoms with Gasteiger partial charge in [-0.15, -0.1) is 0 Å². The Kier molecular flexibility index (Phi) is 4.85. The van der Waals surface area contributed by atoms with Crippen molar-refractivity contribution in [2.45, 2.75) is 13.5 Å². The van der Waals surface area contributed by atoms with Gasteiger partial charge in [-0.05, 0) is 37.3 Å². The lowest BCUT2D eigenvalue weighted by atomic mass is 10.2. The number of amides is 1. The highest BCUT2D eigenvalue weighted by Crippen LogP contribution is 2.25. The van der Waals surface area contributed by atoms with E-state index in [2.05, 4.69) is 4.99 Å². The number of ether oxygens (including phenoxy) is 2. The van der Waals surface area contributed by atoms with Gasteiger partial charge in [-0.25, -0.2) is 4.39 Å². The zero-order valence-corrected chi connectivity index (χ0v) is 14.9. The minimum atomic E-state index is -0.422. The molecule has 5 nitrogen and oxygen atoms in total. The first-order valence-corrected chi connectivity index (χ1v) is 8.49. The molecule has 0 unspecified atom stereocenters. The summed E-state index contributed by atoms with van der Waals surface area (Å²) in [6, 6.07) is 9.48. The molecule has 0 bridgehead atoms. The van der Waals surface area contributed by atoms with Gasteiger partial charge >= 0.3 is 0 Å². The third-order valence-electron chi connectivity index (χ3n) is 3.80. The van der Waals surface area contributed by atoms with Gasteiger partial charge < -0.3 is 14.0 Å². The van der Waals surface area contributed by atoms with Crippen LogP contribution in [-0.4, -0.2) is 24.7 Å². The van der Waals surface area contributed by atoms with Crippen LogP contribution in [0.2, 0.25) is 0 Å². The van der Waals surface area contributed by atoms with E-state index in [1.165, 1.54) is 30.6 Å². The predicted molar refractivity (Wildman–Crippen MR) is 94.9 cm³/mol. The van der Waals surface area contributed by atoms with E-state index in [1.807, 2.05) is 11.5 Å². The van der Waals surface area contributed by atoms with E-state index < -0.39 is 5.91 Å². The molecule has 1 aromatic heterocycles. The summed E-state index contributed by atoms with van der Waals surface area (Å²) in [5.74, 6) is 0.248. The second kappa shape index (κ2) is 7.06.